The summed E-state index contributed by atoms with van der Waals surface area (Å²) in [4.78, 5) is 20.0. The minimum absolute atomic E-state index is 0.427. The van der Waals surface area contributed by atoms with Crippen LogP contribution in [0.4, 0.5) is 5.82 Å². The topological polar surface area (TPSA) is 54.8 Å². The number of hydrogen-bond acceptors (Lipinski definition) is 5. The monoisotopic (exact) mass is 301 g/mol. The standard InChI is InChI=1S/C18H15N5/c1-2-5-13-12(4-1)14-6-7-15(13)23(14)16-8-11-21-18(22-16)17-19-9-3-10-20-17/h1-5,8-11,14-15H,6-7H2. The molecule has 3 aromatic rings. The van der Waals surface area contributed by atoms with Gasteiger partial charge in [-0.05, 0) is 36.1 Å². The Morgan fingerprint density at radius 1 is 0.739 bits per heavy atom. The molecule has 2 atom stereocenters. The molecule has 5 nitrogen and oxygen atoms in total. The summed E-state index contributed by atoms with van der Waals surface area (Å²) in [6.45, 7) is 0. The lowest BCUT2D eigenvalue weighted by molar-refractivity contribution is 0.717. The van der Waals surface area contributed by atoms with Crippen molar-refractivity contribution in [2.45, 2.75) is 24.9 Å². The van der Waals surface area contributed by atoms with Gasteiger partial charge in [0.15, 0.2) is 11.6 Å². The van der Waals surface area contributed by atoms with E-state index in [9.17, 15) is 0 Å². The number of benzene rings is 1. The van der Waals surface area contributed by atoms with Crippen LogP contribution in [0.25, 0.3) is 11.6 Å². The van der Waals surface area contributed by atoms with E-state index < -0.39 is 0 Å². The van der Waals surface area contributed by atoms with Gasteiger partial charge in [0.1, 0.15) is 5.82 Å². The van der Waals surface area contributed by atoms with Gasteiger partial charge in [-0.3, -0.25) is 0 Å². The molecular formula is C18H15N5. The molecule has 2 aromatic heterocycles. The molecule has 1 fully saturated rings. The van der Waals surface area contributed by atoms with Gasteiger partial charge in [0.2, 0.25) is 0 Å². The molecule has 2 bridgehead atoms. The summed E-state index contributed by atoms with van der Waals surface area (Å²) in [6.07, 6.45) is 7.60. The van der Waals surface area contributed by atoms with Gasteiger partial charge in [-0.25, -0.2) is 19.9 Å². The van der Waals surface area contributed by atoms with Gasteiger partial charge in [0.05, 0.1) is 12.1 Å². The lowest BCUT2D eigenvalue weighted by Gasteiger charge is -2.23. The highest BCUT2D eigenvalue weighted by Gasteiger charge is 2.44. The molecule has 2 aliphatic heterocycles. The Kier molecular flexibility index (Phi) is 2.67. The molecule has 2 unspecified atom stereocenters. The highest BCUT2D eigenvalue weighted by Crippen LogP contribution is 2.54. The van der Waals surface area contributed by atoms with E-state index >= 15 is 0 Å². The van der Waals surface area contributed by atoms with Crippen molar-refractivity contribution in [2.75, 3.05) is 4.90 Å². The van der Waals surface area contributed by atoms with Crippen LogP contribution in [0.2, 0.25) is 0 Å². The van der Waals surface area contributed by atoms with E-state index in [1.54, 1.807) is 24.7 Å². The summed E-state index contributed by atoms with van der Waals surface area (Å²) in [6, 6.07) is 13.4. The average Bonchev–Trinajstić information content (AvgIpc) is 3.20. The third kappa shape index (κ3) is 1.86. The van der Waals surface area contributed by atoms with Gasteiger partial charge in [-0.15, -0.1) is 0 Å². The first-order valence-corrected chi connectivity index (χ1v) is 7.89. The van der Waals surface area contributed by atoms with E-state index in [1.807, 2.05) is 6.07 Å². The molecule has 1 saturated heterocycles. The first kappa shape index (κ1) is 12.7. The predicted molar refractivity (Wildman–Crippen MR) is 86.7 cm³/mol. The Morgan fingerprint density at radius 3 is 2.09 bits per heavy atom. The number of nitrogens with zero attached hydrogens (tertiary/aromatic N) is 5. The summed E-state index contributed by atoms with van der Waals surface area (Å²) in [5, 5.41) is 0. The third-order valence-corrected chi connectivity index (χ3v) is 4.77. The molecule has 0 amide bonds. The molecular weight excluding hydrogens is 286 g/mol. The zero-order valence-electron chi connectivity index (χ0n) is 12.5. The van der Waals surface area contributed by atoms with Crippen LogP contribution in [-0.2, 0) is 0 Å². The van der Waals surface area contributed by atoms with Crippen molar-refractivity contribution < 1.29 is 0 Å². The Labute approximate surface area is 134 Å². The van der Waals surface area contributed by atoms with Gasteiger partial charge in [-0.2, -0.15) is 0 Å². The molecule has 23 heavy (non-hydrogen) atoms. The summed E-state index contributed by atoms with van der Waals surface area (Å²) in [5.41, 5.74) is 2.89. The van der Waals surface area contributed by atoms with Crippen LogP contribution >= 0.6 is 0 Å². The lowest BCUT2D eigenvalue weighted by Crippen LogP contribution is -2.20. The zero-order valence-corrected chi connectivity index (χ0v) is 12.5. The second-order valence-electron chi connectivity index (χ2n) is 5.96. The van der Waals surface area contributed by atoms with Gasteiger partial charge in [-0.1, -0.05) is 24.3 Å². The van der Waals surface area contributed by atoms with Crippen molar-refractivity contribution >= 4 is 5.82 Å². The normalized spacial score (nSPS) is 21.5. The van der Waals surface area contributed by atoms with Crippen molar-refractivity contribution in [3.63, 3.8) is 0 Å². The lowest BCUT2D eigenvalue weighted by atomic mass is 9.92. The highest BCUT2D eigenvalue weighted by atomic mass is 15.3. The summed E-state index contributed by atoms with van der Waals surface area (Å²) >= 11 is 0. The molecule has 112 valence electrons. The third-order valence-electron chi connectivity index (χ3n) is 4.77. The average molecular weight is 301 g/mol. The van der Waals surface area contributed by atoms with Crippen molar-refractivity contribution in [3.8, 4) is 11.6 Å². The van der Waals surface area contributed by atoms with Crippen LogP contribution < -0.4 is 4.90 Å². The van der Waals surface area contributed by atoms with Gasteiger partial charge < -0.3 is 4.90 Å². The maximum atomic E-state index is 4.74. The fourth-order valence-electron chi connectivity index (χ4n) is 3.87. The number of fused-ring (bicyclic) bond motifs is 5. The second-order valence-corrected chi connectivity index (χ2v) is 5.96. The van der Waals surface area contributed by atoms with E-state index in [0.717, 1.165) is 5.82 Å². The van der Waals surface area contributed by atoms with Crippen LogP contribution in [0, 0.1) is 0 Å². The number of aromatic nitrogens is 4. The predicted octanol–water partition coefficient (Wildman–Crippen LogP) is 3.33. The Balaban J connectivity index is 1.57. The molecule has 0 spiro atoms. The molecule has 0 saturated carbocycles. The zero-order chi connectivity index (χ0) is 15.2. The van der Waals surface area contributed by atoms with Crippen molar-refractivity contribution in [3.05, 3.63) is 66.1 Å². The maximum absolute atomic E-state index is 4.74. The number of rotatable bonds is 2. The number of hydrogen-bond donors (Lipinski definition) is 0. The molecule has 4 heterocycles. The van der Waals surface area contributed by atoms with E-state index in [4.69, 9.17) is 4.98 Å². The summed E-state index contributed by atoms with van der Waals surface area (Å²) in [5.74, 6) is 2.11. The molecule has 5 rings (SSSR count). The minimum Gasteiger partial charge on any atom is -0.342 e. The Morgan fingerprint density at radius 2 is 1.39 bits per heavy atom. The molecule has 5 heteroatoms. The second kappa shape index (κ2) is 4.84. The van der Waals surface area contributed by atoms with E-state index in [0.29, 0.717) is 23.7 Å². The SMILES string of the molecule is c1cnc(-c2nccc(N3C4CCC3c3ccccc34)n2)nc1. The first-order valence-electron chi connectivity index (χ1n) is 7.89. The summed E-state index contributed by atoms with van der Waals surface area (Å²) in [7, 11) is 0. The van der Waals surface area contributed by atoms with Crippen LogP contribution in [0.3, 0.4) is 0 Å². The Bertz CT molecular complexity index is 833. The first-order chi connectivity index (χ1) is 11.4. The van der Waals surface area contributed by atoms with Crippen LogP contribution in [0.15, 0.2) is 55.0 Å². The molecule has 0 aliphatic carbocycles. The van der Waals surface area contributed by atoms with E-state index in [2.05, 4.69) is 44.1 Å². The van der Waals surface area contributed by atoms with Gasteiger partial charge in [0.25, 0.3) is 0 Å². The fraction of sp³-hybridized carbons (Fsp3) is 0.222. The quantitative estimate of drug-likeness (QED) is 0.726. The largest absolute Gasteiger partial charge is 0.342 e. The fourth-order valence-corrected chi connectivity index (χ4v) is 3.87. The van der Waals surface area contributed by atoms with E-state index in [-0.39, 0.29) is 0 Å². The smallest absolute Gasteiger partial charge is 0.199 e. The van der Waals surface area contributed by atoms with Crippen LogP contribution in [0.5, 0.6) is 0 Å². The van der Waals surface area contributed by atoms with Gasteiger partial charge >= 0.3 is 0 Å². The van der Waals surface area contributed by atoms with Gasteiger partial charge in [0, 0.05) is 18.6 Å². The van der Waals surface area contributed by atoms with Crippen LogP contribution in [-0.4, -0.2) is 19.9 Å². The van der Waals surface area contributed by atoms with Crippen molar-refractivity contribution in [1.82, 2.24) is 19.9 Å². The minimum atomic E-state index is 0.427. The maximum Gasteiger partial charge on any atom is 0.199 e. The van der Waals surface area contributed by atoms with Crippen LogP contribution in [0.1, 0.15) is 36.1 Å². The van der Waals surface area contributed by atoms with E-state index in [1.165, 1.54) is 24.0 Å². The Hall–Kier alpha value is -2.82. The molecule has 2 aliphatic rings. The van der Waals surface area contributed by atoms with Crippen molar-refractivity contribution in [2.24, 2.45) is 0 Å². The van der Waals surface area contributed by atoms with Crippen molar-refractivity contribution in [1.29, 1.82) is 0 Å². The summed E-state index contributed by atoms with van der Waals surface area (Å²) < 4.78 is 0. The highest BCUT2D eigenvalue weighted by molar-refractivity contribution is 5.58. The molecule has 0 radical (unpaired) electrons. The molecule has 0 N–H and O–H groups in total. The molecule has 1 aromatic carbocycles. The number of anilines is 1.